The third-order valence-corrected chi connectivity index (χ3v) is 2.03. The summed E-state index contributed by atoms with van der Waals surface area (Å²) < 4.78 is 0. The zero-order valence-corrected chi connectivity index (χ0v) is 7.92. The second kappa shape index (κ2) is 4.83. The normalized spacial score (nSPS) is 14.8. The van der Waals surface area contributed by atoms with Crippen molar-refractivity contribution in [3.8, 4) is 0 Å². The van der Waals surface area contributed by atoms with Crippen molar-refractivity contribution in [2.24, 2.45) is 5.18 Å². The lowest BCUT2D eigenvalue weighted by atomic mass is 10.0. The lowest BCUT2D eigenvalue weighted by molar-refractivity contribution is 0.177. The van der Waals surface area contributed by atoms with Crippen LogP contribution in [0.2, 0.25) is 0 Å². The van der Waals surface area contributed by atoms with Crippen LogP contribution in [0.4, 0.5) is 0 Å². The van der Waals surface area contributed by atoms with Gasteiger partial charge in [0, 0.05) is 6.42 Å². The number of rotatable bonds is 4. The lowest BCUT2D eigenvalue weighted by Gasteiger charge is -2.11. The second-order valence-corrected chi connectivity index (χ2v) is 3.16. The van der Waals surface area contributed by atoms with Gasteiger partial charge in [0.1, 0.15) is 0 Å². The molecule has 0 radical (unpaired) electrons. The Morgan fingerprint density at radius 3 is 2.57 bits per heavy atom. The van der Waals surface area contributed by atoms with Crippen LogP contribution in [0.1, 0.15) is 24.2 Å². The summed E-state index contributed by atoms with van der Waals surface area (Å²) in [6.45, 7) is 1.64. The van der Waals surface area contributed by atoms with E-state index in [0.29, 0.717) is 0 Å². The van der Waals surface area contributed by atoms with Crippen molar-refractivity contribution in [1.82, 2.24) is 0 Å². The molecule has 1 aromatic carbocycles. The summed E-state index contributed by atoms with van der Waals surface area (Å²) in [6, 6.07) is 7.11. The average Bonchev–Trinajstić information content (AvgIpc) is 2.18. The summed E-state index contributed by atoms with van der Waals surface area (Å²) in [5, 5.41) is 21.0. The van der Waals surface area contributed by atoms with Gasteiger partial charge in [-0.25, -0.2) is 0 Å². The number of nitroso groups, excluding NO2 is 1. The van der Waals surface area contributed by atoms with E-state index in [1.54, 1.807) is 31.2 Å². The molecule has 0 fully saturated rings. The maximum atomic E-state index is 10.0. The molecule has 0 saturated heterocycles. The molecule has 1 unspecified atom stereocenters. The fraction of sp³-hybridized carbons (Fsp3) is 0.400. The molecule has 4 nitrogen and oxygen atoms in total. The average molecular weight is 195 g/mol. The van der Waals surface area contributed by atoms with Crippen LogP contribution in [-0.4, -0.2) is 16.4 Å². The molecule has 2 atom stereocenters. The van der Waals surface area contributed by atoms with Gasteiger partial charge >= 0.3 is 0 Å². The minimum atomic E-state index is -1.24. The standard InChI is InChI=1S/C10H13NO3/c1-7(12)9-5-3-2-4-8(9)6-10(13)11-14/h2-5,7,10,12-13H,6H2,1H3/t7-,10?/m1/s1. The first kappa shape index (κ1) is 10.8. The molecule has 0 aromatic heterocycles. The third kappa shape index (κ3) is 2.61. The molecule has 0 aliphatic rings. The Bertz CT molecular complexity index is 312. The number of nitrogens with zero attached hydrogens (tertiary/aromatic N) is 1. The van der Waals surface area contributed by atoms with Gasteiger partial charge < -0.3 is 10.2 Å². The van der Waals surface area contributed by atoms with Gasteiger partial charge in [0.15, 0.2) is 6.23 Å². The molecular weight excluding hydrogens is 182 g/mol. The van der Waals surface area contributed by atoms with Crippen LogP contribution in [0.5, 0.6) is 0 Å². The number of aliphatic hydroxyl groups excluding tert-OH is 2. The highest BCUT2D eigenvalue weighted by atomic mass is 16.3. The molecule has 4 heteroatoms. The first-order chi connectivity index (χ1) is 6.65. The Kier molecular flexibility index (Phi) is 3.73. The van der Waals surface area contributed by atoms with Gasteiger partial charge in [-0.1, -0.05) is 24.3 Å². The minimum Gasteiger partial charge on any atom is -0.389 e. The van der Waals surface area contributed by atoms with Crippen molar-refractivity contribution in [2.45, 2.75) is 25.7 Å². The molecule has 2 N–H and O–H groups in total. The Morgan fingerprint density at radius 1 is 1.36 bits per heavy atom. The molecular formula is C10H13NO3. The van der Waals surface area contributed by atoms with E-state index in [2.05, 4.69) is 5.18 Å². The monoisotopic (exact) mass is 195 g/mol. The zero-order chi connectivity index (χ0) is 10.6. The molecule has 0 heterocycles. The maximum absolute atomic E-state index is 10.0. The first-order valence-electron chi connectivity index (χ1n) is 4.41. The molecule has 1 rings (SSSR count). The quantitative estimate of drug-likeness (QED) is 0.713. The van der Waals surface area contributed by atoms with Gasteiger partial charge in [0.05, 0.1) is 6.10 Å². The topological polar surface area (TPSA) is 69.9 Å². The first-order valence-corrected chi connectivity index (χ1v) is 4.41. The van der Waals surface area contributed by atoms with Gasteiger partial charge in [-0.15, -0.1) is 4.91 Å². The smallest absolute Gasteiger partial charge is 0.191 e. The van der Waals surface area contributed by atoms with E-state index in [1.807, 2.05) is 0 Å². The number of hydrogen-bond acceptors (Lipinski definition) is 4. The van der Waals surface area contributed by atoms with Crippen LogP contribution in [-0.2, 0) is 6.42 Å². The third-order valence-electron chi connectivity index (χ3n) is 2.03. The maximum Gasteiger partial charge on any atom is 0.191 e. The van der Waals surface area contributed by atoms with Crippen molar-refractivity contribution < 1.29 is 10.2 Å². The van der Waals surface area contributed by atoms with Gasteiger partial charge in [0.25, 0.3) is 0 Å². The molecule has 0 aliphatic carbocycles. The zero-order valence-electron chi connectivity index (χ0n) is 7.92. The van der Waals surface area contributed by atoms with E-state index < -0.39 is 12.3 Å². The summed E-state index contributed by atoms with van der Waals surface area (Å²) in [6.07, 6.45) is -1.70. The van der Waals surface area contributed by atoms with Gasteiger partial charge in [-0.2, -0.15) is 0 Å². The Balaban J connectivity index is 2.89. The largest absolute Gasteiger partial charge is 0.389 e. The summed E-state index contributed by atoms with van der Waals surface area (Å²) in [5.41, 5.74) is 1.46. The molecule has 0 bridgehead atoms. The highest BCUT2D eigenvalue weighted by Gasteiger charge is 2.11. The van der Waals surface area contributed by atoms with E-state index >= 15 is 0 Å². The lowest BCUT2D eigenvalue weighted by Crippen LogP contribution is -2.09. The van der Waals surface area contributed by atoms with E-state index in [0.717, 1.165) is 11.1 Å². The molecule has 14 heavy (non-hydrogen) atoms. The highest BCUT2D eigenvalue weighted by molar-refractivity contribution is 5.29. The van der Waals surface area contributed by atoms with Crippen LogP contribution in [0.15, 0.2) is 29.4 Å². The van der Waals surface area contributed by atoms with Crippen LogP contribution in [0.3, 0.4) is 0 Å². The van der Waals surface area contributed by atoms with Gasteiger partial charge in [0.2, 0.25) is 0 Å². The molecule has 0 saturated carbocycles. The minimum absolute atomic E-state index is 0.143. The molecule has 0 amide bonds. The van der Waals surface area contributed by atoms with Crippen LogP contribution in [0, 0.1) is 4.91 Å². The van der Waals surface area contributed by atoms with Crippen LogP contribution < -0.4 is 0 Å². The molecule has 0 spiro atoms. The van der Waals surface area contributed by atoms with Crippen LogP contribution >= 0.6 is 0 Å². The number of benzene rings is 1. The highest BCUT2D eigenvalue weighted by Crippen LogP contribution is 2.18. The van der Waals surface area contributed by atoms with E-state index in [9.17, 15) is 10.0 Å². The Morgan fingerprint density at radius 2 is 2.00 bits per heavy atom. The Hall–Kier alpha value is -1.26. The van der Waals surface area contributed by atoms with E-state index in [4.69, 9.17) is 5.11 Å². The van der Waals surface area contributed by atoms with Crippen molar-refractivity contribution in [2.75, 3.05) is 0 Å². The van der Waals surface area contributed by atoms with E-state index in [1.165, 1.54) is 0 Å². The van der Waals surface area contributed by atoms with Gasteiger partial charge in [-0.3, -0.25) is 0 Å². The fourth-order valence-corrected chi connectivity index (χ4v) is 1.36. The van der Waals surface area contributed by atoms with Crippen molar-refractivity contribution in [3.05, 3.63) is 40.3 Å². The fourth-order valence-electron chi connectivity index (χ4n) is 1.36. The van der Waals surface area contributed by atoms with Crippen LogP contribution in [0.25, 0.3) is 0 Å². The summed E-state index contributed by atoms with van der Waals surface area (Å²) >= 11 is 0. The van der Waals surface area contributed by atoms with Crippen molar-refractivity contribution in [1.29, 1.82) is 0 Å². The molecule has 76 valence electrons. The van der Waals surface area contributed by atoms with Crippen molar-refractivity contribution in [3.63, 3.8) is 0 Å². The summed E-state index contributed by atoms with van der Waals surface area (Å²) in [4.78, 5) is 10.0. The predicted molar refractivity (Wildman–Crippen MR) is 52.6 cm³/mol. The number of aliphatic hydroxyl groups is 2. The van der Waals surface area contributed by atoms with E-state index in [-0.39, 0.29) is 6.42 Å². The van der Waals surface area contributed by atoms with Gasteiger partial charge in [-0.05, 0) is 23.2 Å². The summed E-state index contributed by atoms with van der Waals surface area (Å²) in [5.74, 6) is 0. The second-order valence-electron chi connectivity index (χ2n) is 3.16. The van der Waals surface area contributed by atoms with Crippen molar-refractivity contribution >= 4 is 0 Å². The molecule has 0 aliphatic heterocycles. The number of hydrogen-bond donors (Lipinski definition) is 2. The Labute approximate surface area is 82.2 Å². The SMILES string of the molecule is C[C@@H](O)c1ccccc1CC(O)N=O. The molecule has 1 aromatic rings. The summed E-state index contributed by atoms with van der Waals surface area (Å²) in [7, 11) is 0. The predicted octanol–water partition coefficient (Wildman–Crippen LogP) is 1.37.